The summed E-state index contributed by atoms with van der Waals surface area (Å²) in [6.45, 7) is -0.198. The second-order valence-corrected chi connectivity index (χ2v) is 8.79. The molecule has 1 heterocycles. The predicted molar refractivity (Wildman–Crippen MR) is 129 cm³/mol. The third-order valence-corrected chi connectivity index (χ3v) is 6.37. The van der Waals surface area contributed by atoms with Crippen molar-refractivity contribution >= 4 is 33.7 Å². The Morgan fingerprint density at radius 2 is 1.71 bits per heavy atom. The molecule has 0 unspecified atom stereocenters. The lowest BCUT2D eigenvalue weighted by Crippen LogP contribution is -2.39. The molecule has 34 heavy (non-hydrogen) atoms. The highest BCUT2D eigenvalue weighted by Gasteiger charge is 2.33. The summed E-state index contributed by atoms with van der Waals surface area (Å²) in [5, 5.41) is 4.01. The molecule has 0 aromatic heterocycles. The van der Waals surface area contributed by atoms with Crippen LogP contribution in [0.3, 0.4) is 0 Å². The maximum absolute atomic E-state index is 12.8. The van der Waals surface area contributed by atoms with Crippen molar-refractivity contribution in [3.05, 3.63) is 83.9 Å². The SMILES string of the molecule is COc1ccc(C=NNC(=O)CN(C2=NS(=O)(=O)c3ccccc32)c2ccccc2)cc1OC. The largest absolute Gasteiger partial charge is 0.493 e. The van der Waals surface area contributed by atoms with E-state index in [-0.39, 0.29) is 17.3 Å². The lowest BCUT2D eigenvalue weighted by Gasteiger charge is -2.23. The van der Waals surface area contributed by atoms with Crippen LogP contribution in [0.15, 0.2) is 87.2 Å². The Balaban J connectivity index is 1.56. The quantitative estimate of drug-likeness (QED) is 0.413. The van der Waals surface area contributed by atoms with Crippen molar-refractivity contribution in [3.8, 4) is 11.5 Å². The number of ether oxygens (including phenoxy) is 2. The van der Waals surface area contributed by atoms with Crippen LogP contribution < -0.4 is 19.8 Å². The van der Waals surface area contributed by atoms with Gasteiger partial charge < -0.3 is 14.4 Å². The maximum Gasteiger partial charge on any atom is 0.285 e. The second kappa shape index (κ2) is 9.75. The molecule has 10 heteroatoms. The number of amides is 1. The van der Waals surface area contributed by atoms with Gasteiger partial charge in [0.05, 0.1) is 20.4 Å². The van der Waals surface area contributed by atoms with E-state index in [0.29, 0.717) is 28.3 Å². The van der Waals surface area contributed by atoms with E-state index in [0.717, 1.165) is 0 Å². The van der Waals surface area contributed by atoms with Crippen LogP contribution >= 0.6 is 0 Å². The van der Waals surface area contributed by atoms with Crippen LogP contribution in [0.1, 0.15) is 11.1 Å². The number of hydrogen-bond donors (Lipinski definition) is 1. The molecule has 3 aromatic carbocycles. The van der Waals surface area contributed by atoms with Gasteiger partial charge in [-0.1, -0.05) is 30.3 Å². The van der Waals surface area contributed by atoms with Gasteiger partial charge >= 0.3 is 0 Å². The van der Waals surface area contributed by atoms with Crippen molar-refractivity contribution in [2.24, 2.45) is 9.50 Å². The van der Waals surface area contributed by atoms with E-state index in [1.165, 1.54) is 19.4 Å². The molecule has 1 N–H and O–H groups in total. The first-order chi connectivity index (χ1) is 16.4. The lowest BCUT2D eigenvalue weighted by atomic mass is 10.1. The number of nitrogens with one attached hydrogen (secondary N) is 1. The third-order valence-electron chi connectivity index (χ3n) is 5.05. The molecule has 3 aromatic rings. The fraction of sp³-hybridized carbons (Fsp3) is 0.125. The summed E-state index contributed by atoms with van der Waals surface area (Å²) in [6, 6.07) is 20.7. The number of sulfonamides is 1. The number of methoxy groups -OCH3 is 2. The molecule has 0 spiro atoms. The third kappa shape index (κ3) is 4.76. The van der Waals surface area contributed by atoms with Crippen molar-refractivity contribution in [2.75, 3.05) is 25.7 Å². The van der Waals surface area contributed by atoms with Crippen molar-refractivity contribution in [2.45, 2.75) is 4.90 Å². The van der Waals surface area contributed by atoms with Crippen molar-refractivity contribution < 1.29 is 22.7 Å². The first kappa shape index (κ1) is 23.0. The highest BCUT2D eigenvalue weighted by molar-refractivity contribution is 7.90. The van der Waals surface area contributed by atoms with Gasteiger partial charge in [0, 0.05) is 11.3 Å². The van der Waals surface area contributed by atoms with Crippen LogP contribution in [0.25, 0.3) is 0 Å². The van der Waals surface area contributed by atoms with Crippen LogP contribution in [-0.2, 0) is 14.8 Å². The number of carbonyl (C=O) groups excluding carboxylic acids is 1. The highest BCUT2D eigenvalue weighted by Crippen LogP contribution is 2.30. The highest BCUT2D eigenvalue weighted by atomic mass is 32.2. The van der Waals surface area contributed by atoms with Crippen LogP contribution in [0.4, 0.5) is 5.69 Å². The Morgan fingerprint density at radius 1 is 1.00 bits per heavy atom. The van der Waals surface area contributed by atoms with Crippen molar-refractivity contribution in [3.63, 3.8) is 0 Å². The topological polar surface area (TPSA) is 110 Å². The summed E-state index contributed by atoms with van der Waals surface area (Å²) < 4.78 is 39.5. The van der Waals surface area contributed by atoms with E-state index in [4.69, 9.17) is 9.47 Å². The van der Waals surface area contributed by atoms with Crippen LogP contribution in [0.2, 0.25) is 0 Å². The van der Waals surface area contributed by atoms with Gasteiger partial charge in [0.15, 0.2) is 17.3 Å². The molecule has 0 aliphatic carbocycles. The van der Waals surface area contributed by atoms with E-state index in [1.807, 2.05) is 6.07 Å². The Kier molecular flexibility index (Phi) is 6.60. The first-order valence-electron chi connectivity index (χ1n) is 10.2. The summed E-state index contributed by atoms with van der Waals surface area (Å²) in [5.74, 6) is 0.841. The molecule has 0 radical (unpaired) electrons. The average molecular weight is 479 g/mol. The van der Waals surface area contributed by atoms with Gasteiger partial charge in [0.2, 0.25) is 0 Å². The molecule has 4 rings (SSSR count). The minimum Gasteiger partial charge on any atom is -0.493 e. The molecule has 0 bridgehead atoms. The minimum atomic E-state index is -3.85. The Labute approximate surface area is 197 Å². The molecular formula is C24H22N4O5S. The maximum atomic E-state index is 12.8. The van der Waals surface area contributed by atoms with Crippen LogP contribution in [0, 0.1) is 0 Å². The molecule has 1 aliphatic heterocycles. The molecule has 0 fully saturated rings. The number of hydrogen-bond acceptors (Lipinski definition) is 7. The molecule has 0 saturated heterocycles. The number of rotatable bonds is 7. The smallest absolute Gasteiger partial charge is 0.285 e. The number of hydrazone groups is 1. The van der Waals surface area contributed by atoms with E-state index in [9.17, 15) is 13.2 Å². The van der Waals surface area contributed by atoms with E-state index in [2.05, 4.69) is 14.9 Å². The van der Waals surface area contributed by atoms with E-state index < -0.39 is 15.9 Å². The Bertz CT molecular complexity index is 1370. The van der Waals surface area contributed by atoms with Gasteiger partial charge in [-0.2, -0.15) is 13.5 Å². The Morgan fingerprint density at radius 3 is 2.44 bits per heavy atom. The molecule has 1 amide bonds. The van der Waals surface area contributed by atoms with Crippen LogP contribution in [0.5, 0.6) is 11.5 Å². The van der Waals surface area contributed by atoms with E-state index in [1.54, 1.807) is 72.7 Å². The van der Waals surface area contributed by atoms with Gasteiger partial charge in [0.25, 0.3) is 15.9 Å². The number of fused-ring (bicyclic) bond motifs is 1. The number of para-hydroxylation sites is 1. The van der Waals surface area contributed by atoms with Gasteiger partial charge in [-0.25, -0.2) is 5.43 Å². The van der Waals surface area contributed by atoms with E-state index >= 15 is 0 Å². The number of carbonyl (C=O) groups is 1. The summed E-state index contributed by atoms with van der Waals surface area (Å²) in [7, 11) is -0.771. The fourth-order valence-electron chi connectivity index (χ4n) is 3.47. The van der Waals surface area contributed by atoms with Gasteiger partial charge in [0.1, 0.15) is 11.4 Å². The summed E-state index contributed by atoms with van der Waals surface area (Å²) in [6.07, 6.45) is 1.47. The van der Waals surface area contributed by atoms with Gasteiger partial charge in [-0.05, 0) is 48.0 Å². The van der Waals surface area contributed by atoms with Crippen LogP contribution in [-0.4, -0.2) is 47.1 Å². The molecule has 1 aliphatic rings. The molecular weight excluding hydrogens is 456 g/mol. The lowest BCUT2D eigenvalue weighted by molar-refractivity contribution is -0.119. The molecule has 174 valence electrons. The number of anilines is 1. The zero-order chi connectivity index (χ0) is 24.1. The normalized spacial score (nSPS) is 13.8. The second-order valence-electron chi connectivity index (χ2n) is 7.22. The predicted octanol–water partition coefficient (Wildman–Crippen LogP) is 2.81. The van der Waals surface area contributed by atoms with Gasteiger partial charge in [-0.15, -0.1) is 4.40 Å². The number of amidine groups is 1. The zero-order valence-electron chi connectivity index (χ0n) is 18.5. The molecule has 9 nitrogen and oxygen atoms in total. The number of benzene rings is 3. The first-order valence-corrected chi connectivity index (χ1v) is 11.7. The average Bonchev–Trinajstić information content (AvgIpc) is 3.13. The standard InChI is InChI=1S/C24H22N4O5S/c1-32-20-13-12-17(14-21(20)33-2)15-25-26-23(29)16-28(18-8-4-3-5-9-18)24-19-10-6-7-11-22(19)34(30,31)27-24/h3-15H,16H2,1-2H3,(H,26,29). The number of nitrogens with zero attached hydrogens (tertiary/aromatic N) is 3. The van der Waals surface area contributed by atoms with Gasteiger partial charge in [-0.3, -0.25) is 4.79 Å². The Hall–Kier alpha value is -4.18. The summed E-state index contributed by atoms with van der Waals surface area (Å²) in [5.41, 5.74) is 4.23. The summed E-state index contributed by atoms with van der Waals surface area (Å²) >= 11 is 0. The minimum absolute atomic E-state index is 0.109. The summed E-state index contributed by atoms with van der Waals surface area (Å²) in [4.78, 5) is 14.4. The molecule has 0 atom stereocenters. The monoisotopic (exact) mass is 478 g/mol. The van der Waals surface area contributed by atoms with Crippen molar-refractivity contribution in [1.82, 2.24) is 5.43 Å². The fourth-order valence-corrected chi connectivity index (χ4v) is 4.68. The molecule has 0 saturated carbocycles. The van der Waals surface area contributed by atoms with Crippen molar-refractivity contribution in [1.29, 1.82) is 0 Å². The zero-order valence-corrected chi connectivity index (χ0v) is 19.3.